The van der Waals surface area contributed by atoms with E-state index >= 15 is 0 Å². The van der Waals surface area contributed by atoms with Gasteiger partial charge in [0.2, 0.25) is 0 Å². The zero-order valence-electron chi connectivity index (χ0n) is 14.4. The van der Waals surface area contributed by atoms with Crippen LogP contribution in [0.5, 0.6) is 0 Å². The second-order valence-corrected chi connectivity index (χ2v) is 7.39. The van der Waals surface area contributed by atoms with Crippen molar-refractivity contribution in [2.45, 2.75) is 31.5 Å². The Hall–Kier alpha value is -2.50. The van der Waals surface area contributed by atoms with Crippen LogP contribution < -0.4 is 0 Å². The van der Waals surface area contributed by atoms with Crippen LogP contribution in [0.2, 0.25) is 0 Å². The number of hydrogen-bond donors (Lipinski definition) is 0. The van der Waals surface area contributed by atoms with Gasteiger partial charge in [-0.05, 0) is 13.8 Å². The van der Waals surface area contributed by atoms with Crippen molar-refractivity contribution >= 4 is 28.9 Å². The van der Waals surface area contributed by atoms with Gasteiger partial charge in [0.15, 0.2) is 22.7 Å². The molecule has 0 aliphatic heterocycles. The van der Waals surface area contributed by atoms with Gasteiger partial charge in [0.1, 0.15) is 5.01 Å². The predicted molar refractivity (Wildman–Crippen MR) is 102 cm³/mol. The summed E-state index contributed by atoms with van der Waals surface area (Å²) in [6.45, 7) is 4.56. The maximum atomic E-state index is 12.5. The van der Waals surface area contributed by atoms with E-state index < -0.39 is 5.92 Å². The van der Waals surface area contributed by atoms with Crippen LogP contribution in [0.15, 0.2) is 40.9 Å². The summed E-state index contributed by atoms with van der Waals surface area (Å²) < 4.78 is 1.97. The van der Waals surface area contributed by atoms with Gasteiger partial charge in [-0.25, -0.2) is 4.98 Å². The molecule has 0 N–H and O–H groups in total. The van der Waals surface area contributed by atoms with Gasteiger partial charge in [0, 0.05) is 23.2 Å². The first kappa shape index (κ1) is 18.3. The summed E-state index contributed by atoms with van der Waals surface area (Å²) in [5.74, 6) is -0.0639. The van der Waals surface area contributed by atoms with Crippen molar-refractivity contribution in [2.24, 2.45) is 0 Å². The Morgan fingerprint density at radius 1 is 1.35 bits per heavy atom. The first-order valence-electron chi connectivity index (χ1n) is 8.09. The molecule has 0 spiro atoms. The smallest absolute Gasteiger partial charge is 0.191 e. The number of Topliss-reactive ketones (excluding diaryl/α,β-unsaturated/α-hetero) is 1. The van der Waals surface area contributed by atoms with Crippen LogP contribution in [-0.2, 0) is 11.3 Å². The monoisotopic (exact) mass is 383 g/mol. The quantitative estimate of drug-likeness (QED) is 0.578. The van der Waals surface area contributed by atoms with Gasteiger partial charge in [-0.2, -0.15) is 5.26 Å². The zero-order chi connectivity index (χ0) is 18.5. The molecule has 2 heterocycles. The van der Waals surface area contributed by atoms with Crippen molar-refractivity contribution in [2.75, 3.05) is 5.75 Å². The molecule has 6 nitrogen and oxygen atoms in total. The van der Waals surface area contributed by atoms with E-state index in [-0.39, 0.29) is 11.5 Å². The van der Waals surface area contributed by atoms with E-state index in [4.69, 9.17) is 0 Å². The van der Waals surface area contributed by atoms with E-state index in [1.54, 1.807) is 0 Å². The lowest BCUT2D eigenvalue weighted by molar-refractivity contribution is -0.116. The molecule has 0 saturated heterocycles. The average molecular weight is 384 g/mol. The number of aromatic nitrogens is 4. The molecular weight excluding hydrogens is 366 g/mol. The van der Waals surface area contributed by atoms with Gasteiger partial charge in [0.05, 0.1) is 11.8 Å². The predicted octanol–water partition coefficient (Wildman–Crippen LogP) is 3.70. The SMILES string of the molecule is CCn1c(SCC(=O)C(C#N)c2nc(C)cs2)nnc1-c1ccccc1. The molecule has 26 heavy (non-hydrogen) atoms. The second-order valence-electron chi connectivity index (χ2n) is 5.56. The maximum absolute atomic E-state index is 12.5. The van der Waals surface area contributed by atoms with Crippen molar-refractivity contribution in [1.82, 2.24) is 19.7 Å². The fourth-order valence-corrected chi connectivity index (χ4v) is 4.24. The number of nitrogens with zero attached hydrogens (tertiary/aromatic N) is 5. The minimum atomic E-state index is -0.826. The maximum Gasteiger partial charge on any atom is 0.191 e. The van der Waals surface area contributed by atoms with Crippen molar-refractivity contribution in [3.8, 4) is 17.5 Å². The highest BCUT2D eigenvalue weighted by Crippen LogP contribution is 2.27. The average Bonchev–Trinajstić information content (AvgIpc) is 3.27. The molecule has 0 saturated carbocycles. The molecule has 1 unspecified atom stereocenters. The van der Waals surface area contributed by atoms with E-state index in [0.717, 1.165) is 17.1 Å². The Kier molecular flexibility index (Phi) is 5.81. The molecule has 3 rings (SSSR count). The summed E-state index contributed by atoms with van der Waals surface area (Å²) in [6, 6.07) is 11.9. The molecule has 0 aliphatic carbocycles. The van der Waals surface area contributed by atoms with Gasteiger partial charge in [-0.15, -0.1) is 21.5 Å². The van der Waals surface area contributed by atoms with E-state index in [2.05, 4.69) is 21.3 Å². The van der Waals surface area contributed by atoms with Gasteiger partial charge in [-0.1, -0.05) is 42.1 Å². The normalized spacial score (nSPS) is 11.9. The van der Waals surface area contributed by atoms with Crippen molar-refractivity contribution < 1.29 is 4.79 Å². The number of nitriles is 1. The lowest BCUT2D eigenvalue weighted by atomic mass is 10.1. The molecule has 132 valence electrons. The molecule has 2 aromatic heterocycles. The van der Waals surface area contributed by atoms with Crippen LogP contribution in [0, 0.1) is 18.3 Å². The summed E-state index contributed by atoms with van der Waals surface area (Å²) in [5.41, 5.74) is 1.80. The Bertz CT molecular complexity index is 942. The number of ketones is 1. The van der Waals surface area contributed by atoms with Crippen LogP contribution >= 0.6 is 23.1 Å². The van der Waals surface area contributed by atoms with Gasteiger partial charge in [0.25, 0.3) is 0 Å². The van der Waals surface area contributed by atoms with Crippen LogP contribution in [0.1, 0.15) is 23.5 Å². The molecule has 8 heteroatoms. The molecule has 0 amide bonds. The summed E-state index contributed by atoms with van der Waals surface area (Å²) in [7, 11) is 0. The number of thioether (sulfide) groups is 1. The number of benzene rings is 1. The molecule has 0 fully saturated rings. The molecule has 1 aromatic carbocycles. The third-order valence-electron chi connectivity index (χ3n) is 3.74. The number of hydrogen-bond acceptors (Lipinski definition) is 7. The zero-order valence-corrected chi connectivity index (χ0v) is 16.0. The Morgan fingerprint density at radius 2 is 2.12 bits per heavy atom. The van der Waals surface area contributed by atoms with Crippen LogP contribution in [-0.4, -0.2) is 31.3 Å². The lowest BCUT2D eigenvalue weighted by Gasteiger charge is -2.08. The van der Waals surface area contributed by atoms with Gasteiger partial charge < -0.3 is 4.57 Å². The first-order valence-corrected chi connectivity index (χ1v) is 9.96. The molecule has 0 radical (unpaired) electrons. The number of carbonyl (C=O) groups excluding carboxylic acids is 1. The first-order chi connectivity index (χ1) is 12.6. The van der Waals surface area contributed by atoms with Crippen molar-refractivity contribution in [3.63, 3.8) is 0 Å². The third kappa shape index (κ3) is 3.84. The number of rotatable bonds is 7. The summed E-state index contributed by atoms with van der Waals surface area (Å²) in [6.07, 6.45) is 0. The number of thiazole rings is 1. The number of carbonyl (C=O) groups is 1. The Balaban J connectivity index is 1.74. The topological polar surface area (TPSA) is 84.5 Å². The molecule has 1 atom stereocenters. The van der Waals surface area contributed by atoms with Gasteiger partial charge >= 0.3 is 0 Å². The van der Waals surface area contributed by atoms with E-state index in [9.17, 15) is 10.1 Å². The van der Waals surface area contributed by atoms with E-state index in [1.165, 1.54) is 23.1 Å². The largest absolute Gasteiger partial charge is 0.302 e. The van der Waals surface area contributed by atoms with Crippen LogP contribution in [0.25, 0.3) is 11.4 Å². The molecule has 0 aliphatic rings. The van der Waals surface area contributed by atoms with E-state index in [1.807, 2.05) is 54.1 Å². The number of aryl methyl sites for hydroxylation is 1. The fraction of sp³-hybridized carbons (Fsp3) is 0.278. The van der Waals surface area contributed by atoms with Crippen molar-refractivity contribution in [1.29, 1.82) is 5.26 Å². The van der Waals surface area contributed by atoms with Crippen LogP contribution in [0.3, 0.4) is 0 Å². The summed E-state index contributed by atoms with van der Waals surface area (Å²) >= 11 is 2.65. The Morgan fingerprint density at radius 3 is 2.73 bits per heavy atom. The Labute approximate surface area is 159 Å². The van der Waals surface area contributed by atoms with Crippen molar-refractivity contribution in [3.05, 3.63) is 46.4 Å². The molecule has 3 aromatic rings. The minimum absolute atomic E-state index is 0.157. The molecule has 0 bridgehead atoms. The standard InChI is InChI=1S/C18H17N5OS2/c1-3-23-16(13-7-5-4-6-8-13)21-22-18(23)26-11-15(24)14(9-19)17-20-12(2)10-25-17/h4-8,10,14H,3,11H2,1-2H3. The summed E-state index contributed by atoms with van der Waals surface area (Å²) in [4.78, 5) is 16.8. The highest BCUT2D eigenvalue weighted by molar-refractivity contribution is 7.99. The highest BCUT2D eigenvalue weighted by atomic mass is 32.2. The lowest BCUT2D eigenvalue weighted by Crippen LogP contribution is -2.13. The third-order valence-corrected chi connectivity index (χ3v) is 5.76. The second kappa shape index (κ2) is 8.25. The van der Waals surface area contributed by atoms with E-state index in [0.29, 0.717) is 16.7 Å². The van der Waals surface area contributed by atoms with Gasteiger partial charge in [-0.3, -0.25) is 4.79 Å². The van der Waals surface area contributed by atoms with Crippen LogP contribution in [0.4, 0.5) is 0 Å². The fourth-order valence-electron chi connectivity index (χ4n) is 2.47. The summed E-state index contributed by atoms with van der Waals surface area (Å²) in [5, 5.41) is 20.9. The molecular formula is C18H17N5OS2. The highest BCUT2D eigenvalue weighted by Gasteiger charge is 2.24. The minimum Gasteiger partial charge on any atom is -0.302 e.